The quantitative estimate of drug-likeness (QED) is 0.829. The van der Waals surface area contributed by atoms with Gasteiger partial charge in [-0.2, -0.15) is 0 Å². The molecule has 2 aliphatic rings. The van der Waals surface area contributed by atoms with Crippen molar-refractivity contribution in [2.75, 3.05) is 6.54 Å². The maximum absolute atomic E-state index is 12.3. The molecule has 106 valence electrons. The molecule has 1 heterocycles. The zero-order valence-electron chi connectivity index (χ0n) is 11.1. The molecule has 3 rings (SSSR count). The molecule has 0 radical (unpaired) electrons. The third-order valence-corrected chi connectivity index (χ3v) is 5.87. The van der Waals surface area contributed by atoms with Crippen molar-refractivity contribution in [2.24, 2.45) is 17.1 Å². The summed E-state index contributed by atoms with van der Waals surface area (Å²) in [6, 6.07) is 1.52. The highest BCUT2D eigenvalue weighted by molar-refractivity contribution is 7.89. The second kappa shape index (κ2) is 4.33. The molecule has 0 unspecified atom stereocenters. The van der Waals surface area contributed by atoms with E-state index in [9.17, 15) is 8.42 Å². The molecule has 0 bridgehead atoms. The summed E-state index contributed by atoms with van der Waals surface area (Å²) in [6.45, 7) is 2.42. The first-order chi connectivity index (χ1) is 8.97. The van der Waals surface area contributed by atoms with Crippen LogP contribution in [-0.4, -0.2) is 15.0 Å². The first kappa shape index (κ1) is 13.1. The van der Waals surface area contributed by atoms with E-state index < -0.39 is 10.0 Å². The van der Waals surface area contributed by atoms with Gasteiger partial charge < -0.3 is 10.2 Å². The van der Waals surface area contributed by atoms with Gasteiger partial charge in [-0.05, 0) is 43.9 Å². The molecule has 5 nitrogen and oxygen atoms in total. The third-order valence-electron chi connectivity index (χ3n) is 4.36. The predicted molar refractivity (Wildman–Crippen MR) is 70.9 cm³/mol. The van der Waals surface area contributed by atoms with Gasteiger partial charge in [0.05, 0.1) is 6.54 Å². The van der Waals surface area contributed by atoms with Crippen LogP contribution in [0.15, 0.2) is 15.4 Å². The second-order valence-electron chi connectivity index (χ2n) is 5.80. The summed E-state index contributed by atoms with van der Waals surface area (Å²) < 4.78 is 32.6. The molecular formula is C13H20N2O3S. The highest BCUT2D eigenvalue weighted by Gasteiger charge is 2.53. The van der Waals surface area contributed by atoms with Crippen molar-refractivity contribution in [1.82, 2.24) is 4.72 Å². The van der Waals surface area contributed by atoms with Crippen LogP contribution in [0.25, 0.3) is 0 Å². The van der Waals surface area contributed by atoms with Gasteiger partial charge in [-0.3, -0.25) is 0 Å². The minimum atomic E-state index is -3.48. The molecule has 0 amide bonds. The fraction of sp³-hybridized carbons (Fsp3) is 0.692. The van der Waals surface area contributed by atoms with Crippen molar-refractivity contribution >= 4 is 10.0 Å². The van der Waals surface area contributed by atoms with E-state index in [1.165, 1.54) is 18.9 Å². The number of hydrogen-bond acceptors (Lipinski definition) is 4. The lowest BCUT2D eigenvalue weighted by Gasteiger charge is -2.14. The van der Waals surface area contributed by atoms with Gasteiger partial charge in [0, 0.05) is 12.6 Å². The lowest BCUT2D eigenvalue weighted by molar-refractivity contribution is 0.431. The lowest BCUT2D eigenvalue weighted by Crippen LogP contribution is -2.31. The molecule has 2 saturated carbocycles. The van der Waals surface area contributed by atoms with Crippen LogP contribution in [-0.2, 0) is 16.6 Å². The molecule has 0 aliphatic heterocycles. The fourth-order valence-corrected chi connectivity index (χ4v) is 4.13. The number of furan rings is 1. The standard InChI is InChI=1S/C13H20N2O3S/c1-9-12(6-11(7-14)18-9)19(16,17)15-8-13(4-5-13)10-2-3-10/h6,10,15H,2-5,7-8,14H2,1H3. The van der Waals surface area contributed by atoms with Gasteiger partial charge in [0.2, 0.25) is 10.0 Å². The first-order valence-corrected chi connectivity index (χ1v) is 8.24. The maximum atomic E-state index is 12.3. The van der Waals surface area contributed by atoms with Gasteiger partial charge in [0.25, 0.3) is 0 Å². The Morgan fingerprint density at radius 2 is 2.16 bits per heavy atom. The Hall–Kier alpha value is -0.850. The first-order valence-electron chi connectivity index (χ1n) is 6.76. The Morgan fingerprint density at radius 1 is 1.47 bits per heavy atom. The average molecular weight is 284 g/mol. The molecule has 1 aromatic rings. The normalized spacial score (nSPS) is 21.6. The number of aryl methyl sites for hydroxylation is 1. The number of sulfonamides is 1. The number of hydrogen-bond donors (Lipinski definition) is 2. The van der Waals surface area contributed by atoms with Gasteiger partial charge in [-0.15, -0.1) is 0 Å². The molecule has 0 saturated heterocycles. The fourth-order valence-electron chi connectivity index (χ4n) is 2.79. The zero-order valence-corrected chi connectivity index (χ0v) is 11.9. The summed E-state index contributed by atoms with van der Waals surface area (Å²) in [7, 11) is -3.48. The van der Waals surface area contributed by atoms with Crippen molar-refractivity contribution < 1.29 is 12.8 Å². The van der Waals surface area contributed by atoms with Crippen molar-refractivity contribution in [3.05, 3.63) is 17.6 Å². The van der Waals surface area contributed by atoms with Gasteiger partial charge in [-0.1, -0.05) is 0 Å². The summed E-state index contributed by atoms with van der Waals surface area (Å²) in [5.74, 6) is 1.64. The smallest absolute Gasteiger partial charge is 0.244 e. The number of nitrogens with two attached hydrogens (primary N) is 1. The molecule has 6 heteroatoms. The molecule has 0 aromatic carbocycles. The van der Waals surface area contributed by atoms with E-state index in [-0.39, 0.29) is 16.9 Å². The Morgan fingerprint density at radius 3 is 2.63 bits per heavy atom. The van der Waals surface area contributed by atoms with E-state index in [0.29, 0.717) is 18.1 Å². The minimum Gasteiger partial charge on any atom is -0.464 e. The molecule has 2 fully saturated rings. The molecule has 0 atom stereocenters. The molecule has 1 aromatic heterocycles. The molecule has 0 spiro atoms. The van der Waals surface area contributed by atoms with Crippen LogP contribution in [0.1, 0.15) is 37.2 Å². The van der Waals surface area contributed by atoms with Gasteiger partial charge >= 0.3 is 0 Å². The van der Waals surface area contributed by atoms with Crippen LogP contribution in [0.4, 0.5) is 0 Å². The van der Waals surface area contributed by atoms with Gasteiger partial charge in [-0.25, -0.2) is 13.1 Å². The van der Waals surface area contributed by atoms with E-state index in [4.69, 9.17) is 10.2 Å². The van der Waals surface area contributed by atoms with Crippen LogP contribution in [0.5, 0.6) is 0 Å². The van der Waals surface area contributed by atoms with E-state index >= 15 is 0 Å². The van der Waals surface area contributed by atoms with E-state index in [1.807, 2.05) is 0 Å². The Bertz CT molecular complexity index is 583. The van der Waals surface area contributed by atoms with Crippen LogP contribution in [0.2, 0.25) is 0 Å². The highest BCUT2D eigenvalue weighted by atomic mass is 32.2. The topological polar surface area (TPSA) is 85.3 Å². The summed E-state index contributed by atoms with van der Waals surface area (Å²) in [5.41, 5.74) is 5.72. The second-order valence-corrected chi connectivity index (χ2v) is 7.53. The largest absolute Gasteiger partial charge is 0.464 e. The average Bonchev–Trinajstić information content (AvgIpc) is 3.24. The van der Waals surface area contributed by atoms with E-state index in [2.05, 4.69) is 4.72 Å². The third kappa shape index (κ3) is 2.44. The van der Waals surface area contributed by atoms with Gasteiger partial charge in [0.15, 0.2) is 0 Å². The van der Waals surface area contributed by atoms with Crippen molar-refractivity contribution in [3.8, 4) is 0 Å². The van der Waals surface area contributed by atoms with Crippen LogP contribution < -0.4 is 10.5 Å². The Kier molecular flexibility index (Phi) is 2.99. The Labute approximate surface area is 113 Å². The monoisotopic (exact) mass is 284 g/mol. The van der Waals surface area contributed by atoms with Crippen molar-refractivity contribution in [3.63, 3.8) is 0 Å². The maximum Gasteiger partial charge on any atom is 0.244 e. The highest BCUT2D eigenvalue weighted by Crippen LogP contribution is 2.60. The lowest BCUT2D eigenvalue weighted by atomic mass is 10.0. The SMILES string of the molecule is Cc1oc(CN)cc1S(=O)(=O)NCC1(C2CC2)CC1. The molecule has 2 aliphatic carbocycles. The number of nitrogens with one attached hydrogen (secondary N) is 1. The van der Waals surface area contributed by atoms with E-state index in [0.717, 1.165) is 18.8 Å². The number of rotatable bonds is 6. The zero-order chi connectivity index (χ0) is 13.7. The van der Waals surface area contributed by atoms with Crippen molar-refractivity contribution in [2.45, 2.75) is 44.0 Å². The Balaban J connectivity index is 1.73. The summed E-state index contributed by atoms with van der Waals surface area (Å²) in [5, 5.41) is 0. The summed E-state index contributed by atoms with van der Waals surface area (Å²) >= 11 is 0. The molecule has 19 heavy (non-hydrogen) atoms. The molecule has 3 N–H and O–H groups in total. The summed E-state index contributed by atoms with van der Waals surface area (Å²) in [6.07, 6.45) is 4.81. The van der Waals surface area contributed by atoms with Gasteiger partial charge in [0.1, 0.15) is 16.4 Å². The molecular weight excluding hydrogens is 264 g/mol. The van der Waals surface area contributed by atoms with Crippen LogP contribution in [0.3, 0.4) is 0 Å². The summed E-state index contributed by atoms with van der Waals surface area (Å²) in [4.78, 5) is 0.222. The van der Waals surface area contributed by atoms with Crippen LogP contribution >= 0.6 is 0 Å². The van der Waals surface area contributed by atoms with Crippen LogP contribution in [0, 0.1) is 18.3 Å². The van der Waals surface area contributed by atoms with Crippen molar-refractivity contribution in [1.29, 1.82) is 0 Å². The van der Waals surface area contributed by atoms with E-state index in [1.54, 1.807) is 6.92 Å². The predicted octanol–water partition coefficient (Wildman–Crippen LogP) is 1.52. The minimum absolute atomic E-state index is 0.211.